The summed E-state index contributed by atoms with van der Waals surface area (Å²) in [6.45, 7) is 4.58. The zero-order chi connectivity index (χ0) is 11.8. The van der Waals surface area contributed by atoms with Crippen molar-refractivity contribution in [2.45, 2.75) is 45.4 Å². The minimum Gasteiger partial charge on any atom is -0.317 e. The summed E-state index contributed by atoms with van der Waals surface area (Å²) in [7, 11) is 0. The number of nitrogens with zero attached hydrogens (tertiary/aromatic N) is 1. The van der Waals surface area contributed by atoms with Crippen molar-refractivity contribution in [1.82, 2.24) is 10.2 Å². The van der Waals surface area contributed by atoms with E-state index in [9.17, 15) is 9.59 Å². The first-order chi connectivity index (χ1) is 7.75. The SMILES string of the molecule is CCCNCCCN1C(=O)CCCCC1=O. The molecule has 92 valence electrons. The fourth-order valence-electron chi connectivity index (χ4n) is 1.87. The van der Waals surface area contributed by atoms with Crippen LogP contribution < -0.4 is 5.32 Å². The zero-order valence-corrected chi connectivity index (χ0v) is 10.1. The minimum atomic E-state index is 0.0120. The van der Waals surface area contributed by atoms with E-state index in [-0.39, 0.29) is 11.8 Å². The van der Waals surface area contributed by atoms with Crippen molar-refractivity contribution in [2.24, 2.45) is 0 Å². The van der Waals surface area contributed by atoms with Gasteiger partial charge >= 0.3 is 0 Å². The summed E-state index contributed by atoms with van der Waals surface area (Å²) < 4.78 is 0. The van der Waals surface area contributed by atoms with E-state index in [2.05, 4.69) is 12.2 Å². The molecular formula is C12H22N2O2. The first-order valence-electron chi connectivity index (χ1n) is 6.29. The van der Waals surface area contributed by atoms with Gasteiger partial charge in [0.05, 0.1) is 0 Å². The third-order valence-corrected chi connectivity index (χ3v) is 2.80. The molecule has 0 aromatic heterocycles. The highest BCUT2D eigenvalue weighted by Gasteiger charge is 2.22. The van der Waals surface area contributed by atoms with Crippen LogP contribution in [0.3, 0.4) is 0 Å². The van der Waals surface area contributed by atoms with Gasteiger partial charge in [-0.2, -0.15) is 0 Å². The summed E-state index contributed by atoms with van der Waals surface area (Å²) in [5.41, 5.74) is 0. The normalized spacial score (nSPS) is 17.7. The fourth-order valence-corrected chi connectivity index (χ4v) is 1.87. The molecule has 0 aromatic carbocycles. The van der Waals surface area contributed by atoms with Crippen molar-refractivity contribution >= 4 is 11.8 Å². The van der Waals surface area contributed by atoms with Gasteiger partial charge in [0, 0.05) is 19.4 Å². The van der Waals surface area contributed by atoms with Crippen LogP contribution in [0.15, 0.2) is 0 Å². The van der Waals surface area contributed by atoms with Crippen molar-refractivity contribution in [1.29, 1.82) is 0 Å². The number of nitrogens with one attached hydrogen (secondary N) is 1. The van der Waals surface area contributed by atoms with Gasteiger partial charge in [0.2, 0.25) is 11.8 Å². The molecule has 1 fully saturated rings. The van der Waals surface area contributed by atoms with Gasteiger partial charge in [-0.25, -0.2) is 0 Å². The molecule has 0 saturated carbocycles. The first kappa shape index (κ1) is 13.2. The lowest BCUT2D eigenvalue weighted by Crippen LogP contribution is -2.37. The molecule has 0 spiro atoms. The van der Waals surface area contributed by atoms with Gasteiger partial charge in [0.25, 0.3) is 0 Å². The Hall–Kier alpha value is -0.900. The smallest absolute Gasteiger partial charge is 0.229 e. The maximum absolute atomic E-state index is 11.6. The second-order valence-corrected chi connectivity index (χ2v) is 4.25. The molecule has 0 unspecified atom stereocenters. The van der Waals surface area contributed by atoms with Gasteiger partial charge in [-0.05, 0) is 38.8 Å². The number of hydrogen-bond donors (Lipinski definition) is 1. The Kier molecular flexibility index (Phi) is 6.08. The third-order valence-electron chi connectivity index (χ3n) is 2.80. The molecule has 2 amide bonds. The Morgan fingerprint density at radius 3 is 2.31 bits per heavy atom. The van der Waals surface area contributed by atoms with Crippen LogP contribution in [0, 0.1) is 0 Å². The topological polar surface area (TPSA) is 49.4 Å². The van der Waals surface area contributed by atoms with E-state index in [1.165, 1.54) is 4.90 Å². The zero-order valence-electron chi connectivity index (χ0n) is 10.1. The predicted molar refractivity (Wildman–Crippen MR) is 63.0 cm³/mol. The fraction of sp³-hybridized carbons (Fsp3) is 0.833. The van der Waals surface area contributed by atoms with Crippen LogP contribution in [0.25, 0.3) is 0 Å². The van der Waals surface area contributed by atoms with Gasteiger partial charge in [0.1, 0.15) is 0 Å². The van der Waals surface area contributed by atoms with E-state index in [0.29, 0.717) is 19.4 Å². The molecule has 1 saturated heterocycles. The third kappa shape index (κ3) is 4.31. The van der Waals surface area contributed by atoms with Crippen LogP contribution in [-0.2, 0) is 9.59 Å². The second-order valence-electron chi connectivity index (χ2n) is 4.25. The Morgan fingerprint density at radius 1 is 1.12 bits per heavy atom. The van der Waals surface area contributed by atoms with Crippen molar-refractivity contribution in [2.75, 3.05) is 19.6 Å². The number of carbonyl (C=O) groups excluding carboxylic acids is 2. The molecule has 1 aliphatic rings. The lowest BCUT2D eigenvalue weighted by molar-refractivity contribution is -0.143. The summed E-state index contributed by atoms with van der Waals surface area (Å²) in [5.74, 6) is 0.0241. The van der Waals surface area contributed by atoms with E-state index < -0.39 is 0 Å². The largest absolute Gasteiger partial charge is 0.317 e. The van der Waals surface area contributed by atoms with Crippen LogP contribution in [-0.4, -0.2) is 36.3 Å². The van der Waals surface area contributed by atoms with Gasteiger partial charge in [0.15, 0.2) is 0 Å². The molecule has 16 heavy (non-hydrogen) atoms. The molecular weight excluding hydrogens is 204 g/mol. The van der Waals surface area contributed by atoms with E-state index in [4.69, 9.17) is 0 Å². The molecule has 1 heterocycles. The highest BCUT2D eigenvalue weighted by atomic mass is 16.2. The molecule has 1 N–H and O–H groups in total. The second kappa shape index (κ2) is 7.39. The molecule has 0 aliphatic carbocycles. The lowest BCUT2D eigenvalue weighted by Gasteiger charge is -2.18. The van der Waals surface area contributed by atoms with Gasteiger partial charge in [-0.15, -0.1) is 0 Å². The van der Waals surface area contributed by atoms with Crippen LogP contribution in [0.2, 0.25) is 0 Å². The number of imide groups is 1. The molecule has 4 heteroatoms. The average molecular weight is 226 g/mol. The number of carbonyl (C=O) groups is 2. The summed E-state index contributed by atoms with van der Waals surface area (Å²) in [5, 5.41) is 3.27. The highest BCUT2D eigenvalue weighted by molar-refractivity contribution is 5.95. The lowest BCUT2D eigenvalue weighted by atomic mass is 10.2. The molecule has 4 nitrogen and oxygen atoms in total. The van der Waals surface area contributed by atoms with Gasteiger partial charge in [-0.3, -0.25) is 14.5 Å². The first-order valence-corrected chi connectivity index (χ1v) is 6.29. The quantitative estimate of drug-likeness (QED) is 0.548. The average Bonchev–Trinajstić information content (AvgIpc) is 2.42. The number of amides is 2. The Bertz CT molecular complexity index is 223. The van der Waals surface area contributed by atoms with Gasteiger partial charge in [-0.1, -0.05) is 6.92 Å². The predicted octanol–water partition coefficient (Wildman–Crippen LogP) is 1.31. The maximum atomic E-state index is 11.6. The Morgan fingerprint density at radius 2 is 1.75 bits per heavy atom. The molecule has 0 atom stereocenters. The number of hydrogen-bond acceptors (Lipinski definition) is 3. The Labute approximate surface area is 97.4 Å². The van der Waals surface area contributed by atoms with Crippen LogP contribution >= 0.6 is 0 Å². The Balaban J connectivity index is 2.26. The standard InChI is InChI=1S/C12H22N2O2/c1-2-8-13-9-5-10-14-11(15)6-3-4-7-12(14)16/h13H,2-10H2,1H3. The summed E-state index contributed by atoms with van der Waals surface area (Å²) in [4.78, 5) is 24.7. The summed E-state index contributed by atoms with van der Waals surface area (Å²) >= 11 is 0. The summed E-state index contributed by atoms with van der Waals surface area (Å²) in [6.07, 6.45) is 4.76. The number of rotatable bonds is 6. The maximum Gasteiger partial charge on any atom is 0.229 e. The van der Waals surface area contributed by atoms with Crippen LogP contribution in [0.4, 0.5) is 0 Å². The van der Waals surface area contributed by atoms with Crippen molar-refractivity contribution < 1.29 is 9.59 Å². The summed E-state index contributed by atoms with van der Waals surface area (Å²) in [6, 6.07) is 0. The van der Waals surface area contributed by atoms with E-state index in [1.54, 1.807) is 0 Å². The van der Waals surface area contributed by atoms with E-state index in [1.807, 2.05) is 0 Å². The minimum absolute atomic E-state index is 0.0120. The molecule has 0 radical (unpaired) electrons. The van der Waals surface area contributed by atoms with Crippen molar-refractivity contribution in [3.05, 3.63) is 0 Å². The molecule has 0 bridgehead atoms. The highest BCUT2D eigenvalue weighted by Crippen LogP contribution is 2.12. The van der Waals surface area contributed by atoms with E-state index >= 15 is 0 Å². The molecule has 1 aliphatic heterocycles. The van der Waals surface area contributed by atoms with Crippen LogP contribution in [0.5, 0.6) is 0 Å². The van der Waals surface area contributed by atoms with Crippen LogP contribution in [0.1, 0.15) is 45.4 Å². The van der Waals surface area contributed by atoms with E-state index in [0.717, 1.165) is 38.8 Å². The molecule has 0 aromatic rings. The monoisotopic (exact) mass is 226 g/mol. The van der Waals surface area contributed by atoms with Gasteiger partial charge < -0.3 is 5.32 Å². The van der Waals surface area contributed by atoms with Crippen molar-refractivity contribution in [3.8, 4) is 0 Å². The number of likely N-dealkylation sites (tertiary alicyclic amines) is 1. The molecule has 1 rings (SSSR count). The van der Waals surface area contributed by atoms with Crippen molar-refractivity contribution in [3.63, 3.8) is 0 Å².